The van der Waals surface area contributed by atoms with Gasteiger partial charge in [0.2, 0.25) is 5.91 Å². The minimum absolute atomic E-state index is 0.0795. The number of hydrogen-bond acceptors (Lipinski definition) is 9. The van der Waals surface area contributed by atoms with Crippen LogP contribution in [0.3, 0.4) is 0 Å². The summed E-state index contributed by atoms with van der Waals surface area (Å²) in [4.78, 5) is 33.0. The molecule has 37 heavy (non-hydrogen) atoms. The fourth-order valence-corrected chi connectivity index (χ4v) is 5.18. The van der Waals surface area contributed by atoms with Crippen LogP contribution in [0.4, 0.5) is 0 Å². The van der Waals surface area contributed by atoms with E-state index in [0.29, 0.717) is 45.0 Å². The summed E-state index contributed by atoms with van der Waals surface area (Å²) < 4.78 is 22.4. The number of aliphatic imine (C=N–C) groups is 1. The van der Waals surface area contributed by atoms with Crippen molar-refractivity contribution in [1.29, 1.82) is 0 Å². The second-order valence-electron chi connectivity index (χ2n) is 9.51. The number of rotatable bonds is 8. The van der Waals surface area contributed by atoms with E-state index in [-0.39, 0.29) is 18.9 Å². The highest BCUT2D eigenvalue weighted by atomic mass is 32.2. The number of ether oxygens (including phenoxy) is 3. The van der Waals surface area contributed by atoms with Gasteiger partial charge in [-0.25, -0.2) is 9.79 Å². The molecular weight excluding hydrogens is 494 g/mol. The zero-order valence-corrected chi connectivity index (χ0v) is 22.6. The fraction of sp³-hybridized carbons (Fsp3) is 0.370. The summed E-state index contributed by atoms with van der Waals surface area (Å²) >= 11 is 1.40. The van der Waals surface area contributed by atoms with Gasteiger partial charge in [0.25, 0.3) is 0 Å². The maximum atomic E-state index is 13.5. The fourth-order valence-electron chi connectivity index (χ4n) is 4.21. The Balaban J connectivity index is 1.73. The molecule has 1 atom stereocenters. The standard InChI is InChI=1S/C27H31N3O6S/c1-16-22(25(32)36-27(2,3)4)23(19-10-7-11-20(33-5)24(19)34-6)30-17(15-37-26(30)29-16)13-21(31)28-14-18-9-8-12-35-18/h7-12,15,23H,13-14H2,1-6H3,(H,28,31)/t23-/m1/s1. The Morgan fingerprint density at radius 2 is 1.95 bits per heavy atom. The molecule has 10 heteroatoms. The van der Waals surface area contributed by atoms with Crippen molar-refractivity contribution in [3.05, 3.63) is 70.3 Å². The molecule has 0 saturated heterocycles. The van der Waals surface area contributed by atoms with Crippen molar-refractivity contribution in [1.82, 2.24) is 10.2 Å². The number of thioether (sulfide) groups is 1. The number of para-hydroxylation sites is 1. The number of nitrogens with one attached hydrogen (secondary N) is 1. The lowest BCUT2D eigenvalue weighted by Gasteiger charge is -2.37. The normalized spacial score (nSPS) is 17.1. The van der Waals surface area contributed by atoms with Crippen LogP contribution in [-0.2, 0) is 20.9 Å². The number of furan rings is 1. The molecule has 196 valence electrons. The molecule has 0 bridgehead atoms. The van der Waals surface area contributed by atoms with Gasteiger partial charge in [-0.2, -0.15) is 0 Å². The van der Waals surface area contributed by atoms with Crippen LogP contribution in [0.2, 0.25) is 0 Å². The van der Waals surface area contributed by atoms with Crippen molar-refractivity contribution in [2.75, 3.05) is 14.2 Å². The van der Waals surface area contributed by atoms with Gasteiger partial charge in [0.1, 0.15) is 11.4 Å². The Bertz CT molecular complexity index is 1270. The van der Waals surface area contributed by atoms with Gasteiger partial charge in [-0.05, 0) is 51.3 Å². The molecule has 0 unspecified atom stereocenters. The summed E-state index contributed by atoms with van der Waals surface area (Å²) in [5.74, 6) is 1.00. The minimum atomic E-state index is -0.707. The van der Waals surface area contributed by atoms with E-state index in [1.54, 1.807) is 45.6 Å². The van der Waals surface area contributed by atoms with E-state index in [4.69, 9.17) is 23.6 Å². The number of nitrogens with zero attached hydrogens (tertiary/aromatic N) is 2. The molecule has 1 aromatic carbocycles. The van der Waals surface area contributed by atoms with Gasteiger partial charge in [-0.3, -0.25) is 4.79 Å². The predicted molar refractivity (Wildman–Crippen MR) is 141 cm³/mol. The number of esters is 1. The van der Waals surface area contributed by atoms with E-state index in [0.717, 1.165) is 0 Å². The maximum Gasteiger partial charge on any atom is 0.338 e. The molecular formula is C27H31N3O6S. The lowest BCUT2D eigenvalue weighted by atomic mass is 9.92. The van der Waals surface area contributed by atoms with Crippen LogP contribution in [0.1, 0.15) is 51.5 Å². The monoisotopic (exact) mass is 525 g/mol. The first-order valence-corrected chi connectivity index (χ1v) is 12.7. The average molecular weight is 526 g/mol. The Kier molecular flexibility index (Phi) is 7.68. The molecule has 3 heterocycles. The molecule has 2 aliphatic rings. The quantitative estimate of drug-likeness (QED) is 0.485. The van der Waals surface area contributed by atoms with E-state index >= 15 is 0 Å². The number of hydrogen-bond donors (Lipinski definition) is 1. The van der Waals surface area contributed by atoms with Crippen molar-refractivity contribution in [2.24, 2.45) is 4.99 Å². The number of amides is 1. The number of benzene rings is 1. The van der Waals surface area contributed by atoms with Gasteiger partial charge >= 0.3 is 5.97 Å². The number of carbonyl (C=O) groups is 2. The first kappa shape index (κ1) is 26.4. The van der Waals surface area contributed by atoms with Crippen LogP contribution in [0.25, 0.3) is 0 Å². The Morgan fingerprint density at radius 1 is 1.16 bits per heavy atom. The highest BCUT2D eigenvalue weighted by molar-refractivity contribution is 8.16. The van der Waals surface area contributed by atoms with Gasteiger partial charge in [-0.15, -0.1) is 0 Å². The summed E-state index contributed by atoms with van der Waals surface area (Å²) in [6.45, 7) is 7.53. The zero-order chi connectivity index (χ0) is 26.7. The third-order valence-corrected chi connectivity index (χ3v) is 6.62. The second kappa shape index (κ2) is 10.8. The molecule has 4 rings (SSSR count). The summed E-state index contributed by atoms with van der Waals surface area (Å²) in [6, 6.07) is 8.43. The largest absolute Gasteiger partial charge is 0.493 e. The maximum absolute atomic E-state index is 13.5. The number of allylic oxidation sites excluding steroid dienone is 1. The number of amidine groups is 1. The summed E-state index contributed by atoms with van der Waals surface area (Å²) in [5.41, 5.74) is 1.60. The predicted octanol–water partition coefficient (Wildman–Crippen LogP) is 4.92. The van der Waals surface area contributed by atoms with E-state index in [1.807, 2.05) is 43.2 Å². The molecule has 1 aromatic heterocycles. The smallest absolute Gasteiger partial charge is 0.338 e. The van der Waals surface area contributed by atoms with Crippen molar-refractivity contribution in [2.45, 2.75) is 52.3 Å². The molecule has 0 radical (unpaired) electrons. The number of carbonyl (C=O) groups excluding carboxylic acids is 2. The lowest BCUT2D eigenvalue weighted by molar-refractivity contribution is -0.150. The first-order chi connectivity index (χ1) is 17.6. The molecule has 1 amide bonds. The zero-order valence-electron chi connectivity index (χ0n) is 21.8. The number of fused-ring (bicyclic) bond motifs is 1. The van der Waals surface area contributed by atoms with E-state index in [1.165, 1.54) is 11.8 Å². The van der Waals surface area contributed by atoms with Crippen LogP contribution in [-0.4, -0.2) is 41.8 Å². The van der Waals surface area contributed by atoms with Crippen LogP contribution >= 0.6 is 11.8 Å². The van der Waals surface area contributed by atoms with Crippen molar-refractivity contribution in [3.8, 4) is 11.5 Å². The average Bonchev–Trinajstić information content (AvgIpc) is 3.50. The van der Waals surface area contributed by atoms with Gasteiger partial charge in [-0.1, -0.05) is 23.9 Å². The van der Waals surface area contributed by atoms with E-state index in [9.17, 15) is 9.59 Å². The summed E-state index contributed by atoms with van der Waals surface area (Å²) in [5, 5.41) is 5.42. The Morgan fingerprint density at radius 3 is 2.59 bits per heavy atom. The van der Waals surface area contributed by atoms with E-state index in [2.05, 4.69) is 5.32 Å². The molecule has 0 aliphatic carbocycles. The molecule has 2 aliphatic heterocycles. The summed E-state index contributed by atoms with van der Waals surface area (Å²) in [6.07, 6.45) is 1.64. The van der Waals surface area contributed by atoms with Gasteiger partial charge in [0.15, 0.2) is 16.7 Å². The molecule has 0 spiro atoms. The second-order valence-corrected chi connectivity index (χ2v) is 10.3. The molecule has 0 saturated carbocycles. The highest BCUT2D eigenvalue weighted by Crippen LogP contribution is 2.48. The van der Waals surface area contributed by atoms with Gasteiger partial charge < -0.3 is 28.8 Å². The van der Waals surface area contributed by atoms with E-state index < -0.39 is 17.6 Å². The number of methoxy groups -OCH3 is 2. The minimum Gasteiger partial charge on any atom is -0.493 e. The first-order valence-electron chi connectivity index (χ1n) is 11.8. The SMILES string of the molecule is COc1cccc([C@@H]2C(C(=O)OC(C)(C)C)=C(C)N=C3SC=C(CC(=O)NCc4ccco4)N32)c1OC. The van der Waals surface area contributed by atoms with Crippen molar-refractivity contribution < 1.29 is 28.2 Å². The van der Waals surface area contributed by atoms with Crippen LogP contribution in [0.5, 0.6) is 11.5 Å². The van der Waals surface area contributed by atoms with Gasteiger partial charge in [0.05, 0.1) is 50.8 Å². The Labute approximate surface area is 220 Å². The van der Waals surface area contributed by atoms with Crippen molar-refractivity contribution in [3.63, 3.8) is 0 Å². The summed E-state index contributed by atoms with van der Waals surface area (Å²) in [7, 11) is 3.12. The highest BCUT2D eigenvalue weighted by Gasteiger charge is 2.43. The van der Waals surface area contributed by atoms with Crippen LogP contribution in [0.15, 0.2) is 68.4 Å². The molecule has 2 aromatic rings. The topological polar surface area (TPSA) is 103 Å². The van der Waals surface area contributed by atoms with Gasteiger partial charge in [0, 0.05) is 11.3 Å². The van der Waals surface area contributed by atoms with Crippen LogP contribution < -0.4 is 14.8 Å². The molecule has 1 N–H and O–H groups in total. The van der Waals surface area contributed by atoms with Crippen LogP contribution in [0, 0.1) is 0 Å². The third-order valence-electron chi connectivity index (χ3n) is 5.73. The Hall–Kier alpha value is -3.66. The lowest BCUT2D eigenvalue weighted by Crippen LogP contribution is -2.39. The molecule has 9 nitrogen and oxygen atoms in total. The molecule has 0 fully saturated rings. The third kappa shape index (κ3) is 5.69. The van der Waals surface area contributed by atoms with Crippen molar-refractivity contribution >= 4 is 28.8 Å².